The number of rotatable bonds is 2. The molecule has 2 aromatic heterocycles. The van der Waals surface area contributed by atoms with Crippen LogP contribution in [0, 0.1) is 0 Å². The summed E-state index contributed by atoms with van der Waals surface area (Å²) in [6.07, 6.45) is 3.01. The van der Waals surface area contributed by atoms with Crippen LogP contribution in [0.1, 0.15) is 0 Å². The first-order valence-electron chi connectivity index (χ1n) is 5.70. The molecule has 0 aliphatic carbocycles. The van der Waals surface area contributed by atoms with E-state index < -0.39 is 0 Å². The van der Waals surface area contributed by atoms with Gasteiger partial charge in [-0.3, -0.25) is 4.57 Å². The van der Waals surface area contributed by atoms with Gasteiger partial charge in [-0.25, -0.2) is 9.97 Å². The van der Waals surface area contributed by atoms with E-state index in [0.717, 1.165) is 0 Å². The molecule has 2 heterocycles. The number of nitrogens with two attached hydrogens (primary N) is 1. The predicted molar refractivity (Wildman–Crippen MR) is 84.5 cm³/mol. The number of benzene rings is 1. The van der Waals surface area contributed by atoms with Crippen molar-refractivity contribution in [2.75, 3.05) is 5.73 Å². The highest BCUT2D eigenvalue weighted by Gasteiger charge is 2.17. The first-order chi connectivity index (χ1) is 10.1. The zero-order chi connectivity index (χ0) is 15.0. The molecule has 3 aromatic rings. The molecule has 0 unspecified atom stereocenters. The van der Waals surface area contributed by atoms with Crippen molar-refractivity contribution in [3.8, 4) is 17.2 Å². The third-order valence-electron chi connectivity index (χ3n) is 2.72. The topological polar surface area (TPSA) is 82.5 Å². The van der Waals surface area contributed by atoms with Crippen LogP contribution in [0.4, 0.5) is 5.82 Å². The molecule has 0 radical (unpaired) electrons. The monoisotopic (exact) mass is 384 g/mol. The Hall–Kier alpha value is -1.70. The molecule has 3 rings (SSSR count). The quantitative estimate of drug-likeness (QED) is 0.731. The van der Waals surface area contributed by atoms with E-state index in [9.17, 15) is 0 Å². The molecule has 106 valence electrons. The van der Waals surface area contributed by atoms with Crippen LogP contribution in [0.2, 0.25) is 10.0 Å². The van der Waals surface area contributed by atoms with E-state index in [2.05, 4.69) is 36.1 Å². The SMILES string of the molecule is Nc1ncc(Br)nc1-c1nncn1-c1cccc(Cl)c1Cl. The van der Waals surface area contributed by atoms with Gasteiger partial charge in [-0.2, -0.15) is 0 Å². The van der Waals surface area contributed by atoms with Crippen LogP contribution in [0.25, 0.3) is 17.2 Å². The highest BCUT2D eigenvalue weighted by Crippen LogP contribution is 2.31. The van der Waals surface area contributed by atoms with E-state index in [-0.39, 0.29) is 5.82 Å². The summed E-state index contributed by atoms with van der Waals surface area (Å²) in [6.45, 7) is 0. The molecule has 0 fully saturated rings. The van der Waals surface area contributed by atoms with Gasteiger partial charge in [0.25, 0.3) is 0 Å². The Labute approximate surface area is 138 Å². The van der Waals surface area contributed by atoms with Gasteiger partial charge in [0.1, 0.15) is 10.9 Å². The van der Waals surface area contributed by atoms with Crippen molar-refractivity contribution in [3.63, 3.8) is 0 Å². The minimum absolute atomic E-state index is 0.241. The van der Waals surface area contributed by atoms with Crippen LogP contribution in [0.15, 0.2) is 35.3 Å². The van der Waals surface area contributed by atoms with Crippen molar-refractivity contribution in [2.24, 2.45) is 0 Å². The van der Waals surface area contributed by atoms with Crippen molar-refractivity contribution in [3.05, 3.63) is 45.4 Å². The summed E-state index contributed by atoms with van der Waals surface area (Å²) in [7, 11) is 0. The van der Waals surface area contributed by atoms with E-state index in [1.54, 1.807) is 22.8 Å². The summed E-state index contributed by atoms with van der Waals surface area (Å²) in [5, 5.41) is 8.76. The number of anilines is 1. The fraction of sp³-hybridized carbons (Fsp3) is 0. The molecule has 9 heteroatoms. The van der Waals surface area contributed by atoms with Crippen molar-refractivity contribution < 1.29 is 0 Å². The number of aromatic nitrogens is 5. The third-order valence-corrected chi connectivity index (χ3v) is 3.91. The summed E-state index contributed by atoms with van der Waals surface area (Å²) >= 11 is 15.5. The van der Waals surface area contributed by atoms with E-state index in [1.165, 1.54) is 12.5 Å². The summed E-state index contributed by atoms with van der Waals surface area (Å²) in [4.78, 5) is 8.32. The number of halogens is 3. The molecule has 0 amide bonds. The maximum absolute atomic E-state index is 6.23. The van der Waals surface area contributed by atoms with Crippen molar-refractivity contribution >= 4 is 44.9 Å². The molecule has 0 saturated carbocycles. The lowest BCUT2D eigenvalue weighted by Gasteiger charge is -2.10. The van der Waals surface area contributed by atoms with Gasteiger partial charge in [0.05, 0.1) is 21.9 Å². The highest BCUT2D eigenvalue weighted by atomic mass is 79.9. The molecule has 0 bridgehead atoms. The molecule has 0 spiro atoms. The van der Waals surface area contributed by atoms with Crippen molar-refractivity contribution in [2.45, 2.75) is 0 Å². The zero-order valence-electron chi connectivity index (χ0n) is 10.3. The molecule has 6 nitrogen and oxygen atoms in total. The van der Waals surface area contributed by atoms with E-state index in [1.807, 2.05) is 0 Å². The van der Waals surface area contributed by atoms with Gasteiger partial charge in [-0.1, -0.05) is 29.3 Å². The molecule has 0 aliphatic heterocycles. The van der Waals surface area contributed by atoms with Crippen molar-refractivity contribution in [1.29, 1.82) is 0 Å². The Balaban J connectivity index is 2.22. The molecular weight excluding hydrogens is 379 g/mol. The normalized spacial score (nSPS) is 10.8. The standard InChI is InChI=1S/C12H7BrCl2N6/c13-8-4-17-11(16)10(19-8)12-20-18-5-21(12)7-3-1-2-6(14)9(7)15/h1-5H,(H2,16,17). The second kappa shape index (κ2) is 5.59. The third kappa shape index (κ3) is 2.59. The van der Waals surface area contributed by atoms with Gasteiger partial charge in [-0.15, -0.1) is 10.2 Å². The summed E-state index contributed by atoms with van der Waals surface area (Å²) in [6, 6.07) is 5.27. The van der Waals surface area contributed by atoms with Crippen LogP contribution in [0.5, 0.6) is 0 Å². The smallest absolute Gasteiger partial charge is 0.190 e. The second-order valence-electron chi connectivity index (χ2n) is 4.02. The number of nitrogen functional groups attached to an aromatic ring is 1. The fourth-order valence-corrected chi connectivity index (χ4v) is 2.46. The average molecular weight is 386 g/mol. The Morgan fingerprint density at radius 2 is 2.05 bits per heavy atom. The van der Waals surface area contributed by atoms with Crippen LogP contribution < -0.4 is 5.73 Å². The molecule has 1 aromatic carbocycles. The lowest BCUT2D eigenvalue weighted by molar-refractivity contribution is 1.04. The first-order valence-corrected chi connectivity index (χ1v) is 7.25. The molecule has 2 N–H and O–H groups in total. The van der Waals surface area contributed by atoms with Gasteiger partial charge in [0, 0.05) is 0 Å². The summed E-state index contributed by atoms with van der Waals surface area (Å²) < 4.78 is 2.19. The van der Waals surface area contributed by atoms with Crippen LogP contribution in [-0.2, 0) is 0 Å². The molecular formula is C12H7BrCl2N6. The first kappa shape index (κ1) is 14.2. The van der Waals surface area contributed by atoms with Gasteiger partial charge in [0.15, 0.2) is 17.3 Å². The Kier molecular flexibility index (Phi) is 3.79. The fourth-order valence-electron chi connectivity index (χ4n) is 1.79. The Bertz CT molecular complexity index is 803. The minimum atomic E-state index is 0.241. The van der Waals surface area contributed by atoms with Gasteiger partial charge in [0.2, 0.25) is 0 Å². The predicted octanol–water partition coefficient (Wildman–Crippen LogP) is 3.38. The van der Waals surface area contributed by atoms with E-state index in [0.29, 0.717) is 31.9 Å². The van der Waals surface area contributed by atoms with Gasteiger partial charge >= 0.3 is 0 Å². The summed E-state index contributed by atoms with van der Waals surface area (Å²) in [5.74, 6) is 0.663. The van der Waals surface area contributed by atoms with Gasteiger partial charge < -0.3 is 5.73 Å². The van der Waals surface area contributed by atoms with Gasteiger partial charge in [-0.05, 0) is 28.1 Å². The van der Waals surface area contributed by atoms with Crippen molar-refractivity contribution in [1.82, 2.24) is 24.7 Å². The maximum Gasteiger partial charge on any atom is 0.190 e. The average Bonchev–Trinajstić information content (AvgIpc) is 2.93. The van der Waals surface area contributed by atoms with E-state index >= 15 is 0 Å². The van der Waals surface area contributed by atoms with Crippen LogP contribution in [-0.4, -0.2) is 24.7 Å². The molecule has 0 atom stereocenters. The molecule has 0 saturated heterocycles. The lowest BCUT2D eigenvalue weighted by atomic mass is 10.3. The van der Waals surface area contributed by atoms with Crippen LogP contribution in [0.3, 0.4) is 0 Å². The maximum atomic E-state index is 6.23. The number of nitrogens with zero attached hydrogens (tertiary/aromatic N) is 5. The largest absolute Gasteiger partial charge is 0.382 e. The second-order valence-corrected chi connectivity index (χ2v) is 5.62. The number of hydrogen-bond acceptors (Lipinski definition) is 5. The molecule has 0 aliphatic rings. The minimum Gasteiger partial charge on any atom is -0.382 e. The summed E-state index contributed by atoms with van der Waals surface area (Å²) in [5.41, 5.74) is 6.89. The highest BCUT2D eigenvalue weighted by molar-refractivity contribution is 9.10. The molecule has 21 heavy (non-hydrogen) atoms. The zero-order valence-corrected chi connectivity index (χ0v) is 13.4. The lowest BCUT2D eigenvalue weighted by Crippen LogP contribution is -2.03. The van der Waals surface area contributed by atoms with E-state index in [4.69, 9.17) is 28.9 Å². The Morgan fingerprint density at radius 1 is 1.24 bits per heavy atom. The Morgan fingerprint density at radius 3 is 2.86 bits per heavy atom. The van der Waals surface area contributed by atoms with Crippen LogP contribution >= 0.6 is 39.1 Å². The number of hydrogen-bond donors (Lipinski definition) is 1.